The molecule has 7 nitrogen and oxygen atoms in total. The van der Waals surface area contributed by atoms with Gasteiger partial charge in [-0.05, 0) is 60.9 Å². The minimum absolute atomic E-state index is 0.111. The lowest BCUT2D eigenvalue weighted by molar-refractivity contribution is -0.119. The number of fused-ring (bicyclic) bond motifs is 1. The van der Waals surface area contributed by atoms with Crippen LogP contribution in [0, 0.1) is 0 Å². The third-order valence-corrected chi connectivity index (χ3v) is 6.98. The van der Waals surface area contributed by atoms with Gasteiger partial charge < -0.3 is 19.7 Å². The minimum Gasteiger partial charge on any atom is -0.491 e. The van der Waals surface area contributed by atoms with Gasteiger partial charge in [0.15, 0.2) is 0 Å². The lowest BCUT2D eigenvalue weighted by Gasteiger charge is -2.25. The average Bonchev–Trinajstić information content (AvgIpc) is 3.31. The SMILES string of the molecule is CC(=O)N[C@@H](COc1ccc(-c2nc3cc(C(=O)O)ccc3n2C2CCCCC2)cc1)c1ccccc1. The number of hydrogen-bond acceptors (Lipinski definition) is 4. The molecule has 3 aromatic carbocycles. The fourth-order valence-electron chi connectivity index (χ4n) is 5.18. The Bertz CT molecular complexity index is 1390. The Balaban J connectivity index is 1.42. The molecule has 1 aromatic heterocycles. The Morgan fingerprint density at radius 1 is 1.03 bits per heavy atom. The number of benzene rings is 3. The maximum Gasteiger partial charge on any atom is 0.335 e. The second-order valence-corrected chi connectivity index (χ2v) is 9.61. The van der Waals surface area contributed by atoms with Crippen molar-refractivity contribution in [3.05, 3.63) is 83.9 Å². The van der Waals surface area contributed by atoms with Crippen LogP contribution in [0.1, 0.15) is 67.0 Å². The molecule has 1 amide bonds. The molecule has 1 aliphatic rings. The van der Waals surface area contributed by atoms with Gasteiger partial charge in [0.1, 0.15) is 18.2 Å². The van der Waals surface area contributed by atoms with E-state index in [1.165, 1.54) is 26.2 Å². The molecule has 1 atom stereocenters. The Morgan fingerprint density at radius 2 is 1.76 bits per heavy atom. The largest absolute Gasteiger partial charge is 0.491 e. The van der Waals surface area contributed by atoms with E-state index in [4.69, 9.17) is 9.72 Å². The second-order valence-electron chi connectivity index (χ2n) is 9.61. The zero-order valence-corrected chi connectivity index (χ0v) is 20.9. The van der Waals surface area contributed by atoms with Crippen LogP contribution >= 0.6 is 0 Å². The number of nitrogens with one attached hydrogen (secondary N) is 1. The van der Waals surface area contributed by atoms with Crippen molar-refractivity contribution in [1.82, 2.24) is 14.9 Å². The number of ether oxygens (including phenoxy) is 1. The standard InChI is InChI=1S/C30H31N3O4/c1-20(34)31-27(21-8-4-2-5-9-21)19-37-25-15-12-22(13-16-25)29-32-26-18-23(30(35)36)14-17-28(26)33(29)24-10-6-3-7-11-24/h2,4-5,8-9,12-18,24,27H,3,6-7,10-11,19H2,1H3,(H,31,34)(H,35,36)/t27-/m0/s1. The molecule has 1 fully saturated rings. The molecule has 0 unspecified atom stereocenters. The number of amides is 1. The summed E-state index contributed by atoms with van der Waals surface area (Å²) < 4.78 is 8.34. The molecular weight excluding hydrogens is 466 g/mol. The van der Waals surface area contributed by atoms with Crippen molar-refractivity contribution in [3.63, 3.8) is 0 Å². The highest BCUT2D eigenvalue weighted by Gasteiger charge is 2.23. The maximum atomic E-state index is 11.7. The van der Waals surface area contributed by atoms with E-state index >= 15 is 0 Å². The van der Waals surface area contributed by atoms with E-state index in [0.29, 0.717) is 23.9 Å². The molecule has 2 N–H and O–H groups in total. The fourth-order valence-corrected chi connectivity index (χ4v) is 5.18. The molecule has 0 saturated heterocycles. The van der Waals surface area contributed by atoms with Crippen molar-refractivity contribution in [2.45, 2.75) is 51.1 Å². The maximum absolute atomic E-state index is 11.7. The highest BCUT2D eigenvalue weighted by molar-refractivity contribution is 5.93. The van der Waals surface area contributed by atoms with Gasteiger partial charge in [0.05, 0.1) is 22.6 Å². The Hall–Kier alpha value is -4.13. The number of aromatic nitrogens is 2. The summed E-state index contributed by atoms with van der Waals surface area (Å²) in [6.07, 6.45) is 5.78. The van der Waals surface area contributed by atoms with Crippen molar-refractivity contribution in [2.24, 2.45) is 0 Å². The number of carboxylic acid groups (broad SMARTS) is 1. The van der Waals surface area contributed by atoms with Crippen molar-refractivity contribution < 1.29 is 19.4 Å². The Morgan fingerprint density at radius 3 is 2.43 bits per heavy atom. The quantitative estimate of drug-likeness (QED) is 0.304. The monoisotopic (exact) mass is 497 g/mol. The normalized spacial score (nSPS) is 14.8. The zero-order valence-electron chi connectivity index (χ0n) is 20.9. The summed E-state index contributed by atoms with van der Waals surface area (Å²) in [5.74, 6) is 0.477. The fraction of sp³-hybridized carbons (Fsp3) is 0.300. The number of carboxylic acids is 1. The average molecular weight is 498 g/mol. The molecule has 1 aliphatic carbocycles. The first-order valence-electron chi connectivity index (χ1n) is 12.8. The molecule has 0 radical (unpaired) electrons. The van der Waals surface area contributed by atoms with Gasteiger partial charge in [-0.25, -0.2) is 9.78 Å². The van der Waals surface area contributed by atoms with Gasteiger partial charge in [0, 0.05) is 18.5 Å². The van der Waals surface area contributed by atoms with E-state index in [-0.39, 0.29) is 17.5 Å². The molecule has 0 spiro atoms. The molecule has 7 heteroatoms. The van der Waals surface area contributed by atoms with Crippen LogP contribution in [-0.4, -0.2) is 33.1 Å². The van der Waals surface area contributed by atoms with E-state index in [2.05, 4.69) is 9.88 Å². The molecule has 1 heterocycles. The molecule has 37 heavy (non-hydrogen) atoms. The number of imidazole rings is 1. The smallest absolute Gasteiger partial charge is 0.335 e. The van der Waals surface area contributed by atoms with Gasteiger partial charge >= 0.3 is 5.97 Å². The van der Waals surface area contributed by atoms with E-state index in [1.54, 1.807) is 12.1 Å². The summed E-state index contributed by atoms with van der Waals surface area (Å²) in [5, 5.41) is 12.4. The van der Waals surface area contributed by atoms with Gasteiger partial charge in [0.25, 0.3) is 0 Å². The van der Waals surface area contributed by atoms with Crippen LogP contribution in [0.5, 0.6) is 5.75 Å². The molecule has 0 bridgehead atoms. The summed E-state index contributed by atoms with van der Waals surface area (Å²) >= 11 is 0. The Labute approximate surface area is 216 Å². The van der Waals surface area contributed by atoms with Gasteiger partial charge in [-0.2, -0.15) is 0 Å². The number of hydrogen-bond donors (Lipinski definition) is 2. The third kappa shape index (κ3) is 5.50. The molecule has 4 aromatic rings. The van der Waals surface area contributed by atoms with Gasteiger partial charge in [0.2, 0.25) is 5.91 Å². The molecule has 190 valence electrons. The van der Waals surface area contributed by atoms with Crippen molar-refractivity contribution in [1.29, 1.82) is 0 Å². The molecule has 5 rings (SSSR count). The topological polar surface area (TPSA) is 93.4 Å². The number of carbonyl (C=O) groups is 2. The number of nitrogens with zero attached hydrogens (tertiary/aromatic N) is 2. The van der Waals surface area contributed by atoms with Gasteiger partial charge in [-0.3, -0.25) is 4.79 Å². The molecule has 0 aliphatic heterocycles. The van der Waals surface area contributed by atoms with E-state index in [9.17, 15) is 14.7 Å². The van der Waals surface area contributed by atoms with Gasteiger partial charge in [-0.15, -0.1) is 0 Å². The third-order valence-electron chi connectivity index (χ3n) is 6.98. The van der Waals surface area contributed by atoms with Crippen LogP contribution < -0.4 is 10.1 Å². The van der Waals surface area contributed by atoms with Crippen LogP contribution in [0.2, 0.25) is 0 Å². The lowest BCUT2D eigenvalue weighted by atomic mass is 9.95. The Kier molecular flexibility index (Phi) is 7.21. The van der Waals surface area contributed by atoms with Crippen LogP contribution in [0.3, 0.4) is 0 Å². The molecular formula is C30H31N3O4. The van der Waals surface area contributed by atoms with Crippen LogP contribution in [0.25, 0.3) is 22.4 Å². The summed E-state index contributed by atoms with van der Waals surface area (Å²) in [5.41, 5.74) is 3.84. The summed E-state index contributed by atoms with van der Waals surface area (Å²) in [7, 11) is 0. The zero-order chi connectivity index (χ0) is 25.8. The first kappa shape index (κ1) is 24.6. The summed E-state index contributed by atoms with van der Waals surface area (Å²) in [6.45, 7) is 1.81. The van der Waals surface area contributed by atoms with Crippen molar-refractivity contribution >= 4 is 22.9 Å². The van der Waals surface area contributed by atoms with Crippen molar-refractivity contribution in [2.75, 3.05) is 6.61 Å². The van der Waals surface area contributed by atoms with Crippen LogP contribution in [-0.2, 0) is 4.79 Å². The van der Waals surface area contributed by atoms with Gasteiger partial charge in [-0.1, -0.05) is 49.6 Å². The predicted octanol–water partition coefficient (Wildman–Crippen LogP) is 6.16. The van der Waals surface area contributed by atoms with E-state index in [1.807, 2.05) is 60.7 Å². The summed E-state index contributed by atoms with van der Waals surface area (Å²) in [6, 6.07) is 22.9. The number of carbonyl (C=O) groups excluding carboxylic acids is 1. The lowest BCUT2D eigenvalue weighted by Crippen LogP contribution is -2.30. The van der Waals surface area contributed by atoms with Crippen molar-refractivity contribution in [3.8, 4) is 17.1 Å². The number of aromatic carboxylic acids is 1. The predicted molar refractivity (Wildman–Crippen MR) is 143 cm³/mol. The van der Waals surface area contributed by atoms with Crippen LogP contribution in [0.15, 0.2) is 72.8 Å². The first-order valence-corrected chi connectivity index (χ1v) is 12.8. The highest BCUT2D eigenvalue weighted by atomic mass is 16.5. The highest BCUT2D eigenvalue weighted by Crippen LogP contribution is 2.36. The van der Waals surface area contributed by atoms with E-state index < -0.39 is 5.97 Å². The number of rotatable bonds is 8. The van der Waals surface area contributed by atoms with Crippen LogP contribution in [0.4, 0.5) is 0 Å². The van der Waals surface area contributed by atoms with E-state index in [0.717, 1.165) is 35.3 Å². The second kappa shape index (κ2) is 10.9. The summed E-state index contributed by atoms with van der Waals surface area (Å²) in [4.78, 5) is 28.1. The minimum atomic E-state index is -0.953. The molecule has 1 saturated carbocycles. The first-order chi connectivity index (χ1) is 18.0.